The van der Waals surface area contributed by atoms with Crippen molar-refractivity contribution < 1.29 is 4.39 Å². The molecule has 1 aromatic heterocycles. The number of aliphatic imine (C=N–C) groups is 1. The number of fused-ring (bicyclic) bond motifs is 1. The number of halogens is 1. The number of hydrogen-bond donors (Lipinski definition) is 1. The largest absolute Gasteiger partial charge is 0.373 e. The molecule has 0 aliphatic carbocycles. The van der Waals surface area contributed by atoms with Crippen LogP contribution < -0.4 is 5.32 Å². The van der Waals surface area contributed by atoms with E-state index >= 15 is 0 Å². The van der Waals surface area contributed by atoms with E-state index in [0.717, 1.165) is 33.4 Å². The van der Waals surface area contributed by atoms with Crippen LogP contribution in [0.3, 0.4) is 0 Å². The Kier molecular flexibility index (Phi) is 4.84. The van der Waals surface area contributed by atoms with Gasteiger partial charge in [0.25, 0.3) is 0 Å². The van der Waals surface area contributed by atoms with Gasteiger partial charge >= 0.3 is 0 Å². The number of nitrogens with zero attached hydrogens (tertiary/aromatic N) is 3. The van der Waals surface area contributed by atoms with E-state index in [1.54, 1.807) is 19.3 Å². The predicted octanol–water partition coefficient (Wildman–Crippen LogP) is 4.58. The van der Waals surface area contributed by atoms with E-state index in [-0.39, 0.29) is 5.82 Å². The highest BCUT2D eigenvalue weighted by molar-refractivity contribution is 6.09. The van der Waals surface area contributed by atoms with Crippen molar-refractivity contribution >= 4 is 28.5 Å². The van der Waals surface area contributed by atoms with Crippen molar-refractivity contribution in [3.8, 4) is 11.1 Å². The normalized spacial score (nSPS) is 12.1. The van der Waals surface area contributed by atoms with Crippen molar-refractivity contribution in [3.63, 3.8) is 0 Å². The van der Waals surface area contributed by atoms with Crippen LogP contribution in [0.4, 0.5) is 10.2 Å². The number of aromatic nitrogens is 2. The van der Waals surface area contributed by atoms with Gasteiger partial charge in [-0.3, -0.25) is 4.99 Å². The monoisotopic (exact) mass is 334 g/mol. The summed E-state index contributed by atoms with van der Waals surface area (Å²) in [5, 5.41) is 4.03. The lowest BCUT2D eigenvalue weighted by Gasteiger charge is -2.10. The van der Waals surface area contributed by atoms with Crippen molar-refractivity contribution in [3.05, 3.63) is 60.2 Å². The van der Waals surface area contributed by atoms with E-state index in [0.29, 0.717) is 5.82 Å². The second-order valence-electron chi connectivity index (χ2n) is 5.52. The minimum Gasteiger partial charge on any atom is -0.373 e. The van der Waals surface area contributed by atoms with Crippen LogP contribution in [0.1, 0.15) is 12.7 Å². The van der Waals surface area contributed by atoms with Gasteiger partial charge in [0.2, 0.25) is 0 Å². The highest BCUT2D eigenvalue weighted by atomic mass is 19.1. The molecule has 1 heterocycles. The van der Waals surface area contributed by atoms with Gasteiger partial charge in [-0.05, 0) is 42.3 Å². The van der Waals surface area contributed by atoms with Crippen LogP contribution in [0.2, 0.25) is 0 Å². The van der Waals surface area contributed by atoms with Gasteiger partial charge in [0.05, 0.1) is 5.52 Å². The number of rotatable bonds is 4. The van der Waals surface area contributed by atoms with Crippen LogP contribution in [0.25, 0.3) is 27.6 Å². The van der Waals surface area contributed by atoms with Crippen molar-refractivity contribution in [2.45, 2.75) is 6.92 Å². The Morgan fingerprint density at radius 1 is 1.12 bits per heavy atom. The summed E-state index contributed by atoms with van der Waals surface area (Å²) >= 11 is 0. The van der Waals surface area contributed by atoms with Crippen molar-refractivity contribution in [2.24, 2.45) is 4.99 Å². The van der Waals surface area contributed by atoms with Gasteiger partial charge in [-0.25, -0.2) is 14.4 Å². The van der Waals surface area contributed by atoms with E-state index in [1.165, 1.54) is 12.1 Å². The smallest absolute Gasteiger partial charge is 0.163 e. The molecule has 4 nitrogen and oxygen atoms in total. The molecular weight excluding hydrogens is 315 g/mol. The minimum absolute atomic E-state index is 0.257. The second kappa shape index (κ2) is 7.21. The zero-order valence-electron chi connectivity index (χ0n) is 14.4. The quantitative estimate of drug-likeness (QED) is 0.710. The standard InChI is InChI=1S/C20H19FN4/c1-4-13(12-22-2)19-24-18-11-15(14-6-5-7-16(21)10-14)8-9-17(18)20(23-3)25-19/h4-12H,1-3H3,(H,23,24,25)/b13-4+,22-12?. The first-order chi connectivity index (χ1) is 12.2. The average molecular weight is 334 g/mol. The van der Waals surface area contributed by atoms with Gasteiger partial charge < -0.3 is 5.32 Å². The summed E-state index contributed by atoms with van der Waals surface area (Å²) in [4.78, 5) is 13.3. The van der Waals surface area contributed by atoms with Crippen LogP contribution in [-0.2, 0) is 0 Å². The third kappa shape index (κ3) is 3.40. The minimum atomic E-state index is -0.257. The molecule has 0 amide bonds. The van der Waals surface area contributed by atoms with E-state index < -0.39 is 0 Å². The summed E-state index contributed by atoms with van der Waals surface area (Å²) in [5.41, 5.74) is 3.36. The van der Waals surface area contributed by atoms with Gasteiger partial charge in [-0.1, -0.05) is 24.3 Å². The maximum atomic E-state index is 13.5. The Bertz CT molecular complexity index is 977. The molecule has 0 saturated carbocycles. The molecule has 0 spiro atoms. The summed E-state index contributed by atoms with van der Waals surface area (Å²) in [6, 6.07) is 12.4. The van der Waals surface area contributed by atoms with Gasteiger partial charge in [0.15, 0.2) is 5.82 Å². The van der Waals surface area contributed by atoms with E-state index in [1.807, 2.05) is 44.3 Å². The molecule has 25 heavy (non-hydrogen) atoms. The first kappa shape index (κ1) is 16.8. The lowest BCUT2D eigenvalue weighted by Crippen LogP contribution is -2.02. The molecule has 3 aromatic rings. The Balaban J connectivity index is 2.20. The molecule has 5 heteroatoms. The Hall–Kier alpha value is -3.08. The van der Waals surface area contributed by atoms with E-state index in [9.17, 15) is 4.39 Å². The van der Waals surface area contributed by atoms with Crippen molar-refractivity contribution in [2.75, 3.05) is 19.4 Å². The third-order valence-corrected chi connectivity index (χ3v) is 3.93. The molecule has 0 unspecified atom stereocenters. The number of allylic oxidation sites excluding steroid dienone is 2. The maximum absolute atomic E-state index is 13.5. The van der Waals surface area contributed by atoms with E-state index in [2.05, 4.69) is 20.3 Å². The van der Waals surface area contributed by atoms with Crippen LogP contribution >= 0.6 is 0 Å². The number of anilines is 1. The molecule has 2 aromatic carbocycles. The summed E-state index contributed by atoms with van der Waals surface area (Å²) < 4.78 is 13.5. The average Bonchev–Trinajstić information content (AvgIpc) is 2.64. The lowest BCUT2D eigenvalue weighted by molar-refractivity contribution is 0.628. The molecule has 3 rings (SSSR count). The molecule has 126 valence electrons. The summed E-state index contributed by atoms with van der Waals surface area (Å²) in [6.45, 7) is 1.92. The summed E-state index contributed by atoms with van der Waals surface area (Å²) in [5.74, 6) is 1.09. The van der Waals surface area contributed by atoms with Gasteiger partial charge in [0.1, 0.15) is 11.6 Å². The van der Waals surface area contributed by atoms with Gasteiger partial charge in [0, 0.05) is 31.3 Å². The Morgan fingerprint density at radius 2 is 1.92 bits per heavy atom. The van der Waals surface area contributed by atoms with Crippen molar-refractivity contribution in [1.82, 2.24) is 9.97 Å². The third-order valence-electron chi connectivity index (χ3n) is 3.93. The summed E-state index contributed by atoms with van der Waals surface area (Å²) in [6.07, 6.45) is 3.65. The predicted molar refractivity (Wildman–Crippen MR) is 103 cm³/mol. The molecule has 0 atom stereocenters. The molecule has 0 radical (unpaired) electrons. The fraction of sp³-hybridized carbons (Fsp3) is 0.150. The fourth-order valence-corrected chi connectivity index (χ4v) is 2.70. The zero-order valence-corrected chi connectivity index (χ0v) is 14.4. The maximum Gasteiger partial charge on any atom is 0.163 e. The molecule has 0 aliphatic heterocycles. The van der Waals surface area contributed by atoms with Gasteiger partial charge in [-0.2, -0.15) is 0 Å². The fourth-order valence-electron chi connectivity index (χ4n) is 2.70. The number of hydrogen-bond acceptors (Lipinski definition) is 4. The van der Waals surface area contributed by atoms with Crippen LogP contribution in [0.5, 0.6) is 0 Å². The summed E-state index contributed by atoms with van der Waals surface area (Å²) in [7, 11) is 3.54. The second-order valence-corrected chi connectivity index (χ2v) is 5.52. The first-order valence-electron chi connectivity index (χ1n) is 8.00. The Labute approximate surface area is 146 Å². The lowest BCUT2D eigenvalue weighted by atomic mass is 10.0. The molecule has 0 saturated heterocycles. The highest BCUT2D eigenvalue weighted by Crippen LogP contribution is 2.28. The molecular formula is C20H19FN4. The number of nitrogens with one attached hydrogen (secondary N) is 1. The van der Waals surface area contributed by atoms with Crippen molar-refractivity contribution in [1.29, 1.82) is 0 Å². The van der Waals surface area contributed by atoms with Crippen LogP contribution in [0.15, 0.2) is 53.5 Å². The molecule has 0 bridgehead atoms. The number of benzene rings is 2. The SMILES string of the molecule is C/C=C(\C=NC)c1nc(NC)c2ccc(-c3cccc(F)c3)cc2n1. The molecule has 0 aliphatic rings. The molecule has 1 N–H and O–H groups in total. The van der Waals surface area contributed by atoms with Crippen LogP contribution in [-0.4, -0.2) is 30.3 Å². The highest BCUT2D eigenvalue weighted by Gasteiger charge is 2.10. The van der Waals surface area contributed by atoms with Crippen LogP contribution in [0, 0.1) is 5.82 Å². The topological polar surface area (TPSA) is 50.2 Å². The zero-order chi connectivity index (χ0) is 17.8. The van der Waals surface area contributed by atoms with E-state index in [4.69, 9.17) is 0 Å². The first-order valence-corrected chi connectivity index (χ1v) is 8.00. The van der Waals surface area contributed by atoms with Gasteiger partial charge in [-0.15, -0.1) is 0 Å². The molecule has 0 fully saturated rings. The Morgan fingerprint density at radius 3 is 2.60 bits per heavy atom.